The van der Waals surface area contributed by atoms with Crippen LogP contribution in [0.3, 0.4) is 0 Å². The van der Waals surface area contributed by atoms with E-state index in [1.807, 2.05) is 0 Å². The summed E-state index contributed by atoms with van der Waals surface area (Å²) >= 11 is 0. The molecule has 1 atom stereocenters. The number of carboxylic acid groups (broad SMARTS) is 1. The van der Waals surface area contributed by atoms with Gasteiger partial charge in [-0.15, -0.1) is 0 Å². The summed E-state index contributed by atoms with van der Waals surface area (Å²) in [6, 6.07) is 2.45. The number of nitrogens with zero attached hydrogens (tertiary/aromatic N) is 1. The van der Waals surface area contributed by atoms with Crippen molar-refractivity contribution in [2.75, 3.05) is 0 Å². The lowest BCUT2D eigenvalue weighted by molar-refractivity contribution is -0.385. The van der Waals surface area contributed by atoms with Gasteiger partial charge in [0.05, 0.1) is 10.5 Å². The summed E-state index contributed by atoms with van der Waals surface area (Å²) in [7, 11) is 0. The van der Waals surface area contributed by atoms with Crippen molar-refractivity contribution in [2.45, 2.75) is 17.8 Å². The Morgan fingerprint density at radius 3 is 2.39 bits per heavy atom. The van der Waals surface area contributed by atoms with E-state index >= 15 is 0 Å². The summed E-state index contributed by atoms with van der Waals surface area (Å²) in [4.78, 5) is 20.8. The molecule has 0 aromatic heterocycles. The third-order valence-corrected chi connectivity index (χ3v) is 2.99. The molecule has 1 saturated carbocycles. The van der Waals surface area contributed by atoms with Crippen LogP contribution < -0.4 is 0 Å². The maximum absolute atomic E-state index is 13.3. The van der Waals surface area contributed by atoms with Crippen LogP contribution in [-0.4, -0.2) is 27.0 Å². The van der Waals surface area contributed by atoms with E-state index in [0.717, 1.165) is 12.1 Å². The Morgan fingerprint density at radius 1 is 1.44 bits per heavy atom. The van der Waals surface area contributed by atoms with Gasteiger partial charge in [-0.3, -0.25) is 14.9 Å². The summed E-state index contributed by atoms with van der Waals surface area (Å²) in [5.74, 6) is -5.91. The fourth-order valence-electron chi connectivity index (χ4n) is 1.95. The van der Waals surface area contributed by atoms with Gasteiger partial charge in [-0.25, -0.2) is 8.78 Å². The zero-order chi connectivity index (χ0) is 13.7. The maximum Gasteiger partial charge on any atom is 0.320 e. The number of nitro benzene ring substituents is 1. The van der Waals surface area contributed by atoms with Crippen LogP contribution in [0, 0.1) is 10.1 Å². The second-order valence-electron chi connectivity index (χ2n) is 4.05. The first-order chi connectivity index (χ1) is 8.22. The van der Waals surface area contributed by atoms with Crippen molar-refractivity contribution in [3.8, 4) is 5.75 Å². The molecule has 0 amide bonds. The highest BCUT2D eigenvalue weighted by atomic mass is 19.3. The molecule has 96 valence electrons. The Morgan fingerprint density at radius 2 is 2.00 bits per heavy atom. The highest BCUT2D eigenvalue weighted by Gasteiger charge is 2.79. The number of alkyl halides is 2. The lowest BCUT2D eigenvalue weighted by atomic mass is 9.93. The minimum atomic E-state index is -3.56. The smallest absolute Gasteiger partial charge is 0.320 e. The average molecular weight is 259 g/mol. The van der Waals surface area contributed by atoms with Crippen molar-refractivity contribution in [1.29, 1.82) is 0 Å². The molecule has 2 rings (SSSR count). The molecule has 0 bridgehead atoms. The van der Waals surface area contributed by atoms with E-state index in [1.165, 1.54) is 0 Å². The third kappa shape index (κ3) is 1.41. The zero-order valence-electron chi connectivity index (χ0n) is 8.76. The number of phenols is 1. The van der Waals surface area contributed by atoms with Crippen molar-refractivity contribution in [2.24, 2.45) is 0 Å². The van der Waals surface area contributed by atoms with Crippen LogP contribution >= 0.6 is 0 Å². The lowest BCUT2D eigenvalue weighted by Gasteiger charge is -2.12. The van der Waals surface area contributed by atoms with Crippen molar-refractivity contribution in [3.63, 3.8) is 0 Å². The first-order valence-corrected chi connectivity index (χ1v) is 4.81. The van der Waals surface area contributed by atoms with Gasteiger partial charge >= 0.3 is 5.97 Å². The molecule has 1 aliphatic carbocycles. The van der Waals surface area contributed by atoms with E-state index in [4.69, 9.17) is 5.11 Å². The number of hydrogen-bond acceptors (Lipinski definition) is 4. The summed E-state index contributed by atoms with van der Waals surface area (Å²) in [6.07, 6.45) is -1.01. The summed E-state index contributed by atoms with van der Waals surface area (Å²) < 4.78 is 26.6. The molecule has 1 aromatic carbocycles. The number of carbonyl (C=O) groups is 1. The van der Waals surface area contributed by atoms with E-state index in [1.54, 1.807) is 0 Å². The van der Waals surface area contributed by atoms with Gasteiger partial charge in [0.1, 0.15) is 5.75 Å². The second-order valence-corrected chi connectivity index (χ2v) is 4.05. The SMILES string of the molecule is O=C(O)C1(c2cc(O)ccc2[N+](=O)[O-])CC1(F)F. The van der Waals surface area contributed by atoms with E-state index < -0.39 is 45.7 Å². The van der Waals surface area contributed by atoms with Gasteiger partial charge in [-0.2, -0.15) is 0 Å². The van der Waals surface area contributed by atoms with Gasteiger partial charge in [0.25, 0.3) is 11.6 Å². The molecule has 1 unspecified atom stereocenters. The molecule has 1 aromatic rings. The van der Waals surface area contributed by atoms with E-state index in [2.05, 4.69) is 0 Å². The molecule has 0 heterocycles. The number of hydrogen-bond donors (Lipinski definition) is 2. The highest BCUT2D eigenvalue weighted by molar-refractivity contribution is 5.89. The van der Waals surface area contributed by atoms with Crippen LogP contribution in [0.5, 0.6) is 5.75 Å². The third-order valence-electron chi connectivity index (χ3n) is 2.99. The fraction of sp³-hybridized carbons (Fsp3) is 0.300. The normalized spacial score (nSPS) is 24.6. The second kappa shape index (κ2) is 3.37. The monoisotopic (exact) mass is 259 g/mol. The Balaban J connectivity index is 2.67. The quantitative estimate of drug-likeness (QED) is 0.635. The summed E-state index contributed by atoms with van der Waals surface area (Å²) in [5.41, 5.74) is -4.04. The van der Waals surface area contributed by atoms with Gasteiger partial charge in [-0.1, -0.05) is 0 Å². The number of benzene rings is 1. The van der Waals surface area contributed by atoms with E-state index in [-0.39, 0.29) is 0 Å². The molecule has 18 heavy (non-hydrogen) atoms. The van der Waals surface area contributed by atoms with Crippen LogP contribution in [0.2, 0.25) is 0 Å². The van der Waals surface area contributed by atoms with Crippen LogP contribution in [0.15, 0.2) is 18.2 Å². The minimum absolute atomic E-state index is 0.501. The van der Waals surface area contributed by atoms with Crippen molar-refractivity contribution in [1.82, 2.24) is 0 Å². The van der Waals surface area contributed by atoms with Gasteiger partial charge in [-0.05, 0) is 12.1 Å². The standard InChI is InChI=1S/C10H7F2NO5/c11-10(12)4-9(10,8(15)16)6-3-5(14)1-2-7(6)13(17)18/h1-3,14H,4H2,(H,15,16). The number of carboxylic acids is 1. The predicted molar refractivity (Wildman–Crippen MR) is 53.6 cm³/mol. The molecule has 8 heteroatoms. The van der Waals surface area contributed by atoms with Gasteiger partial charge in [0, 0.05) is 12.5 Å². The molecule has 0 radical (unpaired) electrons. The number of aromatic hydroxyl groups is 1. The number of aliphatic carboxylic acids is 1. The Kier molecular flexibility index (Phi) is 2.29. The highest BCUT2D eigenvalue weighted by Crippen LogP contribution is 2.63. The van der Waals surface area contributed by atoms with Crippen LogP contribution in [-0.2, 0) is 10.2 Å². The number of nitro groups is 1. The zero-order valence-corrected chi connectivity index (χ0v) is 8.76. The molecule has 1 aliphatic rings. The van der Waals surface area contributed by atoms with Crippen molar-refractivity contribution in [3.05, 3.63) is 33.9 Å². The summed E-state index contributed by atoms with van der Waals surface area (Å²) in [5, 5.41) is 28.8. The fourth-order valence-corrected chi connectivity index (χ4v) is 1.95. The number of phenolic OH excluding ortho intramolecular Hbond substituents is 1. The molecular formula is C10H7F2NO5. The van der Waals surface area contributed by atoms with Gasteiger partial charge in [0.15, 0.2) is 5.41 Å². The average Bonchev–Trinajstić information content (AvgIpc) is 2.82. The first kappa shape index (κ1) is 12.2. The van der Waals surface area contributed by atoms with Gasteiger partial charge < -0.3 is 10.2 Å². The Bertz CT molecular complexity index is 559. The molecule has 0 saturated heterocycles. The van der Waals surface area contributed by atoms with Crippen LogP contribution in [0.25, 0.3) is 0 Å². The molecule has 1 fully saturated rings. The van der Waals surface area contributed by atoms with Crippen molar-refractivity contribution >= 4 is 11.7 Å². The van der Waals surface area contributed by atoms with Crippen molar-refractivity contribution < 1.29 is 28.7 Å². The van der Waals surface area contributed by atoms with E-state index in [0.29, 0.717) is 6.07 Å². The number of rotatable bonds is 3. The lowest BCUT2D eigenvalue weighted by Crippen LogP contribution is -2.28. The Hall–Kier alpha value is -2.25. The molecule has 0 spiro atoms. The van der Waals surface area contributed by atoms with Gasteiger partial charge in [0.2, 0.25) is 0 Å². The van der Waals surface area contributed by atoms with Crippen LogP contribution in [0.1, 0.15) is 12.0 Å². The Labute approximate surface area is 98.6 Å². The number of halogens is 2. The first-order valence-electron chi connectivity index (χ1n) is 4.81. The largest absolute Gasteiger partial charge is 0.508 e. The predicted octanol–water partition coefficient (Wildman–Crippen LogP) is 1.66. The molecular weight excluding hydrogens is 252 g/mol. The molecule has 0 aliphatic heterocycles. The van der Waals surface area contributed by atoms with Crippen LogP contribution in [0.4, 0.5) is 14.5 Å². The van der Waals surface area contributed by atoms with E-state index in [9.17, 15) is 28.8 Å². The molecule has 6 nitrogen and oxygen atoms in total. The minimum Gasteiger partial charge on any atom is -0.508 e. The summed E-state index contributed by atoms with van der Waals surface area (Å²) in [6.45, 7) is 0. The topological polar surface area (TPSA) is 101 Å². The maximum atomic E-state index is 13.3. The molecule has 2 N–H and O–H groups in total.